The van der Waals surface area contributed by atoms with Gasteiger partial charge in [-0.3, -0.25) is 9.59 Å². The maximum atomic E-state index is 13.5. The van der Waals surface area contributed by atoms with E-state index in [4.69, 9.17) is 19.4 Å². The van der Waals surface area contributed by atoms with Crippen LogP contribution >= 0.6 is 0 Å². The molecule has 0 spiro atoms. The van der Waals surface area contributed by atoms with E-state index in [1.807, 2.05) is 22.2 Å². The number of amides is 4. The lowest BCUT2D eigenvalue weighted by Gasteiger charge is -2.36. The van der Waals surface area contributed by atoms with Gasteiger partial charge in [0, 0.05) is 30.7 Å². The number of H-pyrrole nitrogens is 2. The Balaban J connectivity index is 1.05. The van der Waals surface area contributed by atoms with Crippen LogP contribution in [0.5, 0.6) is 0 Å². The molecule has 4 amide bonds. The summed E-state index contributed by atoms with van der Waals surface area (Å²) in [5.41, 5.74) is 8.90. The molecule has 15 heteroatoms. The molecular weight excluding hydrogens is 751 g/mol. The summed E-state index contributed by atoms with van der Waals surface area (Å²) in [6, 6.07) is 11.6. The predicted octanol–water partition coefficient (Wildman–Crippen LogP) is 6.85. The number of aromatic amines is 2. The third-order valence-electron chi connectivity index (χ3n) is 12.6. The fourth-order valence-corrected chi connectivity index (χ4v) is 9.73. The third-order valence-corrected chi connectivity index (χ3v) is 12.6. The van der Waals surface area contributed by atoms with Gasteiger partial charge in [0.05, 0.1) is 50.1 Å². The van der Waals surface area contributed by atoms with E-state index < -0.39 is 24.3 Å². The summed E-state index contributed by atoms with van der Waals surface area (Å²) in [7, 11) is 2.57. The molecule has 59 heavy (non-hydrogen) atoms. The van der Waals surface area contributed by atoms with E-state index in [0.29, 0.717) is 19.0 Å². The second kappa shape index (κ2) is 16.9. The fourth-order valence-electron chi connectivity index (χ4n) is 9.73. The third kappa shape index (κ3) is 7.91. The van der Waals surface area contributed by atoms with Crippen LogP contribution in [-0.4, -0.2) is 93.1 Å². The molecule has 2 aromatic carbocycles. The highest BCUT2D eigenvalue weighted by Crippen LogP contribution is 2.52. The van der Waals surface area contributed by atoms with E-state index in [1.165, 1.54) is 30.9 Å². The van der Waals surface area contributed by atoms with Crippen molar-refractivity contribution in [3.8, 4) is 33.6 Å². The number of nitrogens with zero attached hydrogens (tertiary/aromatic N) is 4. The molecule has 3 saturated heterocycles. The van der Waals surface area contributed by atoms with Gasteiger partial charge >= 0.3 is 12.2 Å². The van der Waals surface area contributed by atoms with Gasteiger partial charge in [0.2, 0.25) is 11.8 Å². The smallest absolute Gasteiger partial charge is 0.407 e. The van der Waals surface area contributed by atoms with E-state index >= 15 is 0 Å². The Morgan fingerprint density at radius 3 is 1.69 bits per heavy atom. The van der Waals surface area contributed by atoms with Crippen molar-refractivity contribution in [1.82, 2.24) is 45.7 Å². The van der Waals surface area contributed by atoms with Crippen LogP contribution in [0.3, 0.4) is 0 Å². The fraction of sp³-hybridized carbons (Fsp3) is 0.500. The van der Waals surface area contributed by atoms with Crippen molar-refractivity contribution >= 4 is 24.0 Å². The first-order valence-electron chi connectivity index (χ1n) is 21.0. The number of carbonyl (C=O) groups excluding carboxylic acids is 4. The number of piperidine rings is 3. The average molecular weight is 806 g/mol. The van der Waals surface area contributed by atoms with Crippen molar-refractivity contribution in [2.45, 2.75) is 108 Å². The van der Waals surface area contributed by atoms with Gasteiger partial charge in [-0.1, -0.05) is 43.3 Å². The van der Waals surface area contributed by atoms with E-state index in [-0.39, 0.29) is 36.0 Å². The van der Waals surface area contributed by atoms with Gasteiger partial charge in [0.25, 0.3) is 0 Å². The number of imidazole rings is 2. The minimum Gasteiger partial charge on any atom is -0.453 e. The minimum absolute atomic E-state index is 0.155. The Labute approximate surface area is 344 Å². The topological polar surface area (TPSA) is 187 Å². The molecule has 3 unspecified atom stereocenters. The first-order valence-corrected chi connectivity index (χ1v) is 21.0. The maximum Gasteiger partial charge on any atom is 0.407 e. The van der Waals surface area contributed by atoms with Crippen LogP contribution in [0.4, 0.5) is 9.59 Å². The summed E-state index contributed by atoms with van der Waals surface area (Å²) in [5.74, 6) is 1.74. The van der Waals surface area contributed by atoms with Crippen molar-refractivity contribution in [2.24, 2.45) is 5.92 Å². The second-order valence-electron chi connectivity index (χ2n) is 16.6. The first-order chi connectivity index (χ1) is 28.5. The number of alkyl carbamates (subject to hydrolysis) is 2. The van der Waals surface area contributed by atoms with Gasteiger partial charge in [-0.25, -0.2) is 19.6 Å². The molecule has 312 valence electrons. The Bertz CT molecular complexity index is 2200. The Morgan fingerprint density at radius 2 is 1.15 bits per heavy atom. The second-order valence-corrected chi connectivity index (χ2v) is 16.6. The molecule has 0 aliphatic carbocycles. The van der Waals surface area contributed by atoms with Crippen molar-refractivity contribution in [3.63, 3.8) is 0 Å². The number of benzene rings is 2. The van der Waals surface area contributed by atoms with Crippen LogP contribution in [0.1, 0.15) is 119 Å². The van der Waals surface area contributed by atoms with Crippen LogP contribution in [0.15, 0.2) is 48.8 Å². The zero-order valence-electron chi connectivity index (χ0n) is 34.5. The number of carbonyl (C=O) groups is 4. The molecule has 0 radical (unpaired) electrons. The monoisotopic (exact) mass is 805 g/mol. The van der Waals surface area contributed by atoms with Crippen molar-refractivity contribution in [2.75, 3.05) is 27.3 Å². The maximum absolute atomic E-state index is 13.5. The van der Waals surface area contributed by atoms with Crippen LogP contribution < -0.4 is 16.0 Å². The quantitative estimate of drug-likeness (QED) is 0.121. The van der Waals surface area contributed by atoms with E-state index in [1.54, 1.807) is 13.8 Å². The largest absolute Gasteiger partial charge is 0.453 e. The lowest BCUT2D eigenvalue weighted by atomic mass is 9.88. The number of aromatic nitrogens is 4. The Kier molecular flexibility index (Phi) is 11.5. The molecular formula is C44H55N9O6. The van der Waals surface area contributed by atoms with Crippen molar-refractivity contribution in [3.05, 3.63) is 71.6 Å². The van der Waals surface area contributed by atoms with E-state index in [0.717, 1.165) is 91.1 Å². The summed E-state index contributed by atoms with van der Waals surface area (Å²) >= 11 is 0. The van der Waals surface area contributed by atoms with Crippen LogP contribution in [0.25, 0.3) is 33.6 Å². The molecule has 6 heterocycles. The van der Waals surface area contributed by atoms with Gasteiger partial charge < -0.3 is 45.2 Å². The summed E-state index contributed by atoms with van der Waals surface area (Å²) in [4.78, 5) is 71.0. The van der Waals surface area contributed by atoms with E-state index in [2.05, 4.69) is 69.2 Å². The number of ether oxygens (including phenoxy) is 2. The predicted molar refractivity (Wildman–Crippen MR) is 221 cm³/mol. The molecule has 4 aliphatic rings. The van der Waals surface area contributed by atoms with Crippen LogP contribution in [0.2, 0.25) is 0 Å². The molecule has 0 saturated carbocycles. The molecule has 7 atom stereocenters. The zero-order valence-corrected chi connectivity index (χ0v) is 34.5. The van der Waals surface area contributed by atoms with Gasteiger partial charge in [0.15, 0.2) is 0 Å². The van der Waals surface area contributed by atoms with Crippen molar-refractivity contribution < 1.29 is 28.7 Å². The minimum atomic E-state index is -0.718. The molecule has 3 fully saturated rings. The zero-order chi connectivity index (χ0) is 41.4. The number of fused-ring (bicyclic) bond motifs is 5. The molecule has 4 aliphatic heterocycles. The molecule has 2 bridgehead atoms. The van der Waals surface area contributed by atoms with Crippen molar-refractivity contribution in [1.29, 1.82) is 0 Å². The summed E-state index contributed by atoms with van der Waals surface area (Å²) < 4.78 is 9.43. The summed E-state index contributed by atoms with van der Waals surface area (Å²) in [5, 5.41) is 9.15. The van der Waals surface area contributed by atoms with Crippen LogP contribution in [0, 0.1) is 5.92 Å². The first kappa shape index (κ1) is 40.1. The lowest BCUT2D eigenvalue weighted by Crippen LogP contribution is -2.49. The molecule has 4 aromatic rings. The highest BCUT2D eigenvalue weighted by atomic mass is 16.5. The lowest BCUT2D eigenvalue weighted by molar-refractivity contribution is -0.137. The van der Waals surface area contributed by atoms with Gasteiger partial charge in [-0.15, -0.1) is 0 Å². The average Bonchev–Trinajstić information content (AvgIpc) is 4.02. The summed E-state index contributed by atoms with van der Waals surface area (Å²) in [6.07, 6.45) is 9.89. The molecule has 15 nitrogen and oxygen atoms in total. The van der Waals surface area contributed by atoms with Gasteiger partial charge in [0.1, 0.15) is 23.7 Å². The Hall–Kier alpha value is -5.70. The summed E-state index contributed by atoms with van der Waals surface area (Å²) in [6.45, 7) is 6.88. The molecule has 2 aromatic heterocycles. The number of hydrogen-bond acceptors (Lipinski definition) is 9. The van der Waals surface area contributed by atoms with Crippen LogP contribution in [-0.2, 0) is 19.1 Å². The molecule has 8 rings (SSSR count). The highest BCUT2D eigenvalue weighted by molar-refractivity contribution is 5.86. The number of nitrogens with one attached hydrogen (secondary N) is 5. The molecule has 5 N–H and O–H groups in total. The number of rotatable bonds is 9. The van der Waals surface area contributed by atoms with Gasteiger partial charge in [-0.05, 0) is 98.9 Å². The SMILES string of the molecule is COC(=O)N[C@@H](C)C(=O)N1CCCC[C@H]1c1ncc(-c2ccc(-c3ccc(-c4cnc([C@@H]5CCCCN5C(=O)[C@H](C)NC(=O)OC)[nH]4)c4c3C3CC(C)CC4N3)cc2)[nH]1. The highest BCUT2D eigenvalue weighted by Gasteiger charge is 2.41. The number of likely N-dealkylation sites (tertiary alicyclic amines) is 2. The number of hydrogen-bond donors (Lipinski definition) is 5. The van der Waals surface area contributed by atoms with Gasteiger partial charge in [-0.2, -0.15) is 0 Å². The normalized spacial score (nSPS) is 23.5. The standard InChI is InChI=1S/C44H55N9O6/c1-24-20-31-37-29(27-12-14-28(15-13-27)33-22-45-39(50-33)35-10-6-8-18-52(35)41(54)25(2)47-43(56)58-4)16-17-30(38(37)32(21-24)49-31)34-23-46-40(51-34)36-11-7-9-19-53(36)42(55)26(3)48-44(57)59-5/h12-17,22-26,31-32,35-36,49H,6-11,18-21H2,1-5H3,(H,45,50)(H,46,51)(H,47,56)(H,48,57)/t24?,25-,26-,31?,32?,35-,36-/m0/s1. The van der Waals surface area contributed by atoms with E-state index in [9.17, 15) is 19.2 Å². The number of methoxy groups -OCH3 is 2. The Morgan fingerprint density at radius 1 is 0.678 bits per heavy atom.